The van der Waals surface area contributed by atoms with Crippen molar-refractivity contribution in [2.24, 2.45) is 5.73 Å². The average molecular weight is 285 g/mol. The summed E-state index contributed by atoms with van der Waals surface area (Å²) >= 11 is 0. The van der Waals surface area contributed by atoms with Gasteiger partial charge in [-0.1, -0.05) is 30.3 Å². The number of benzene rings is 1. The Bertz CT molecular complexity index is 602. The lowest BCUT2D eigenvalue weighted by Crippen LogP contribution is -2.26. The second kappa shape index (κ2) is 7.09. The highest BCUT2D eigenvalue weighted by atomic mass is 16.1. The van der Waals surface area contributed by atoms with Crippen molar-refractivity contribution in [3.63, 3.8) is 0 Å². The zero-order valence-corrected chi connectivity index (χ0v) is 12.7. The summed E-state index contributed by atoms with van der Waals surface area (Å²) in [6.07, 6.45) is 0.800. The van der Waals surface area contributed by atoms with E-state index in [0.717, 1.165) is 29.9 Å². The van der Waals surface area contributed by atoms with Crippen LogP contribution in [0.3, 0.4) is 0 Å². The minimum Gasteiger partial charge on any atom is -0.352 e. The molecule has 0 aliphatic rings. The fraction of sp³-hybridized carbons (Fsp3) is 0.353. The maximum Gasteiger partial charge on any atom is 0.253 e. The van der Waals surface area contributed by atoms with E-state index >= 15 is 0 Å². The Morgan fingerprint density at radius 2 is 1.95 bits per heavy atom. The van der Waals surface area contributed by atoms with E-state index in [2.05, 4.69) is 22.0 Å². The van der Waals surface area contributed by atoms with Gasteiger partial charge >= 0.3 is 0 Å². The van der Waals surface area contributed by atoms with Gasteiger partial charge in [-0.3, -0.25) is 4.79 Å². The van der Waals surface area contributed by atoms with Crippen LogP contribution in [0.5, 0.6) is 0 Å². The first kappa shape index (κ1) is 15.3. The van der Waals surface area contributed by atoms with Gasteiger partial charge in [0.25, 0.3) is 5.91 Å². The molecule has 4 heteroatoms. The van der Waals surface area contributed by atoms with E-state index in [4.69, 9.17) is 5.73 Å². The standard InChI is InChI=1S/C17H23N3O/c1-13-11-16(17(21)19-10-6-9-18)14(2)20(13)12-15-7-4-3-5-8-15/h3-5,7-8,11H,6,9-10,12,18H2,1-2H3,(H,19,21). The molecule has 1 amide bonds. The first-order chi connectivity index (χ1) is 10.1. The maximum absolute atomic E-state index is 12.2. The molecule has 0 unspecified atom stereocenters. The van der Waals surface area contributed by atoms with Crippen LogP contribution in [0.15, 0.2) is 36.4 Å². The van der Waals surface area contributed by atoms with Gasteiger partial charge in [-0.05, 0) is 38.4 Å². The summed E-state index contributed by atoms with van der Waals surface area (Å²) in [6.45, 7) is 6.03. The lowest BCUT2D eigenvalue weighted by atomic mass is 10.2. The quantitative estimate of drug-likeness (QED) is 0.800. The third-order valence-corrected chi connectivity index (χ3v) is 3.67. The molecule has 21 heavy (non-hydrogen) atoms. The minimum absolute atomic E-state index is 0.0177. The number of carbonyl (C=O) groups excluding carboxylic acids is 1. The smallest absolute Gasteiger partial charge is 0.253 e. The van der Waals surface area contributed by atoms with Crippen LogP contribution in [-0.2, 0) is 6.54 Å². The van der Waals surface area contributed by atoms with E-state index < -0.39 is 0 Å². The summed E-state index contributed by atoms with van der Waals surface area (Å²) in [6, 6.07) is 12.2. The Kier molecular flexibility index (Phi) is 5.17. The zero-order chi connectivity index (χ0) is 15.2. The van der Waals surface area contributed by atoms with Crippen LogP contribution in [0.2, 0.25) is 0 Å². The zero-order valence-electron chi connectivity index (χ0n) is 12.7. The SMILES string of the molecule is Cc1cc(C(=O)NCCCN)c(C)n1Cc1ccccc1. The third-order valence-electron chi connectivity index (χ3n) is 3.67. The molecule has 0 spiro atoms. The molecule has 112 valence electrons. The fourth-order valence-electron chi connectivity index (χ4n) is 2.44. The summed E-state index contributed by atoms with van der Waals surface area (Å²) in [4.78, 5) is 12.2. The fourth-order valence-corrected chi connectivity index (χ4v) is 2.44. The molecular formula is C17H23N3O. The van der Waals surface area contributed by atoms with Crippen LogP contribution in [0.25, 0.3) is 0 Å². The van der Waals surface area contributed by atoms with Gasteiger partial charge in [-0.15, -0.1) is 0 Å². The normalized spacial score (nSPS) is 10.6. The van der Waals surface area contributed by atoms with Gasteiger partial charge < -0.3 is 15.6 Å². The van der Waals surface area contributed by atoms with E-state index in [0.29, 0.717) is 13.1 Å². The number of nitrogens with two attached hydrogens (primary N) is 1. The summed E-state index contributed by atoms with van der Waals surface area (Å²) in [5.74, 6) is -0.0177. The van der Waals surface area contributed by atoms with Crippen molar-refractivity contribution in [1.29, 1.82) is 0 Å². The second-order valence-corrected chi connectivity index (χ2v) is 5.25. The van der Waals surface area contributed by atoms with Crippen molar-refractivity contribution >= 4 is 5.91 Å². The maximum atomic E-state index is 12.2. The van der Waals surface area contributed by atoms with Gasteiger partial charge in [0.1, 0.15) is 0 Å². The molecule has 0 aliphatic heterocycles. The number of hydrogen-bond acceptors (Lipinski definition) is 2. The summed E-state index contributed by atoms with van der Waals surface area (Å²) in [7, 11) is 0. The highest BCUT2D eigenvalue weighted by molar-refractivity contribution is 5.95. The number of nitrogens with one attached hydrogen (secondary N) is 1. The lowest BCUT2D eigenvalue weighted by Gasteiger charge is -2.10. The molecule has 0 atom stereocenters. The van der Waals surface area contributed by atoms with Crippen molar-refractivity contribution in [3.8, 4) is 0 Å². The molecule has 2 rings (SSSR count). The van der Waals surface area contributed by atoms with Crippen molar-refractivity contribution in [2.75, 3.05) is 13.1 Å². The van der Waals surface area contributed by atoms with Gasteiger partial charge in [0, 0.05) is 24.5 Å². The summed E-state index contributed by atoms with van der Waals surface area (Å²) in [5, 5.41) is 2.91. The van der Waals surface area contributed by atoms with E-state index in [1.54, 1.807) is 0 Å². The van der Waals surface area contributed by atoms with Crippen molar-refractivity contribution in [1.82, 2.24) is 9.88 Å². The molecule has 0 fully saturated rings. The molecule has 0 saturated heterocycles. The highest BCUT2D eigenvalue weighted by Crippen LogP contribution is 2.17. The summed E-state index contributed by atoms with van der Waals surface area (Å²) < 4.78 is 2.17. The van der Waals surface area contributed by atoms with Gasteiger partial charge in [0.15, 0.2) is 0 Å². The Balaban J connectivity index is 2.15. The molecule has 0 bridgehead atoms. The van der Waals surface area contributed by atoms with E-state index in [1.807, 2.05) is 38.1 Å². The largest absolute Gasteiger partial charge is 0.352 e. The number of aromatic nitrogens is 1. The van der Waals surface area contributed by atoms with Crippen molar-refractivity contribution in [3.05, 3.63) is 58.9 Å². The van der Waals surface area contributed by atoms with Crippen molar-refractivity contribution in [2.45, 2.75) is 26.8 Å². The number of nitrogens with zero attached hydrogens (tertiary/aromatic N) is 1. The first-order valence-corrected chi connectivity index (χ1v) is 7.32. The molecule has 1 aromatic carbocycles. The highest BCUT2D eigenvalue weighted by Gasteiger charge is 2.15. The predicted molar refractivity (Wildman–Crippen MR) is 85.5 cm³/mol. The van der Waals surface area contributed by atoms with Crippen LogP contribution < -0.4 is 11.1 Å². The Labute approximate surface area is 126 Å². The first-order valence-electron chi connectivity index (χ1n) is 7.32. The monoisotopic (exact) mass is 285 g/mol. The van der Waals surface area contributed by atoms with Crippen LogP contribution in [0, 0.1) is 13.8 Å². The minimum atomic E-state index is -0.0177. The Morgan fingerprint density at radius 1 is 1.24 bits per heavy atom. The van der Waals surface area contributed by atoms with Gasteiger partial charge in [-0.25, -0.2) is 0 Å². The predicted octanol–water partition coefficient (Wildman–Crippen LogP) is 2.23. The molecular weight excluding hydrogens is 262 g/mol. The number of aryl methyl sites for hydroxylation is 1. The van der Waals surface area contributed by atoms with E-state index in [9.17, 15) is 4.79 Å². The van der Waals surface area contributed by atoms with E-state index in [-0.39, 0.29) is 5.91 Å². The van der Waals surface area contributed by atoms with Crippen LogP contribution >= 0.6 is 0 Å². The molecule has 4 nitrogen and oxygen atoms in total. The average Bonchev–Trinajstić information content (AvgIpc) is 2.77. The molecule has 1 heterocycles. The second-order valence-electron chi connectivity index (χ2n) is 5.25. The van der Waals surface area contributed by atoms with Crippen LogP contribution in [0.4, 0.5) is 0 Å². The number of rotatable bonds is 6. The van der Waals surface area contributed by atoms with Gasteiger partial charge in [-0.2, -0.15) is 0 Å². The number of carbonyl (C=O) groups is 1. The van der Waals surface area contributed by atoms with Gasteiger partial charge in [0.2, 0.25) is 0 Å². The molecule has 0 saturated carbocycles. The summed E-state index contributed by atoms with van der Waals surface area (Å²) in [5.41, 5.74) is 9.52. The van der Waals surface area contributed by atoms with Crippen LogP contribution in [-0.4, -0.2) is 23.6 Å². The van der Waals surface area contributed by atoms with Crippen LogP contribution in [0.1, 0.15) is 33.7 Å². The molecule has 3 N–H and O–H groups in total. The van der Waals surface area contributed by atoms with Gasteiger partial charge in [0.05, 0.1) is 5.56 Å². The van der Waals surface area contributed by atoms with E-state index in [1.165, 1.54) is 5.56 Å². The Morgan fingerprint density at radius 3 is 2.62 bits per heavy atom. The molecule has 1 aromatic heterocycles. The Hall–Kier alpha value is -2.07. The lowest BCUT2D eigenvalue weighted by molar-refractivity contribution is 0.0953. The molecule has 0 aliphatic carbocycles. The topological polar surface area (TPSA) is 60.1 Å². The van der Waals surface area contributed by atoms with Crippen molar-refractivity contribution < 1.29 is 4.79 Å². The number of hydrogen-bond donors (Lipinski definition) is 2. The number of amides is 1. The third kappa shape index (κ3) is 3.73. The molecule has 2 aromatic rings. The molecule has 0 radical (unpaired) electrons.